The first-order valence-electron chi connectivity index (χ1n) is 5.88. The lowest BCUT2D eigenvalue weighted by Crippen LogP contribution is -2.14. The number of rotatable bonds is 2. The number of pyridine rings is 1. The number of carbonyl (C=O) groups excluding carboxylic acids is 1. The maximum atomic E-state index is 12.9. The summed E-state index contributed by atoms with van der Waals surface area (Å²) in [6.07, 6.45) is -3.41. The van der Waals surface area contributed by atoms with E-state index >= 15 is 0 Å². The summed E-state index contributed by atoms with van der Waals surface area (Å²) in [6, 6.07) is 5.60. The van der Waals surface area contributed by atoms with Gasteiger partial charge < -0.3 is 5.32 Å². The van der Waals surface area contributed by atoms with E-state index in [1.165, 1.54) is 25.1 Å². The van der Waals surface area contributed by atoms with Crippen molar-refractivity contribution in [3.8, 4) is 0 Å². The van der Waals surface area contributed by atoms with Gasteiger partial charge in [0.15, 0.2) is 0 Å². The molecule has 0 atom stereocenters. The Hall–Kier alpha value is -2.44. The number of nitrogens with one attached hydrogen (secondary N) is 1. The molecular weight excluding hydrogens is 288 g/mol. The zero-order valence-electron chi connectivity index (χ0n) is 10.8. The topological polar surface area (TPSA) is 42.0 Å². The van der Waals surface area contributed by atoms with Crippen LogP contribution in [0.25, 0.3) is 0 Å². The Labute approximate surface area is 117 Å². The number of hydrogen-bond donors (Lipinski definition) is 1. The minimum atomic E-state index is -4.51. The second-order valence-electron chi connectivity index (χ2n) is 4.35. The van der Waals surface area contributed by atoms with Crippen LogP contribution < -0.4 is 5.32 Å². The van der Waals surface area contributed by atoms with Crippen molar-refractivity contribution in [3.63, 3.8) is 0 Å². The number of amides is 1. The van der Waals surface area contributed by atoms with Gasteiger partial charge in [0, 0.05) is 23.5 Å². The summed E-state index contributed by atoms with van der Waals surface area (Å²) in [5.74, 6) is -1.56. The first kappa shape index (κ1) is 15.0. The number of halogens is 4. The molecule has 1 aromatic heterocycles. The smallest absolute Gasteiger partial charge is 0.322 e. The molecule has 0 aliphatic carbocycles. The van der Waals surface area contributed by atoms with Gasteiger partial charge in [0.2, 0.25) is 5.95 Å². The third-order valence-electron chi connectivity index (χ3n) is 2.79. The Morgan fingerprint density at radius 3 is 2.52 bits per heavy atom. The number of nitrogens with zero attached hydrogens (tertiary/aromatic N) is 1. The highest BCUT2D eigenvalue weighted by molar-refractivity contribution is 6.04. The highest BCUT2D eigenvalue weighted by Crippen LogP contribution is 2.33. The zero-order chi connectivity index (χ0) is 15.6. The van der Waals surface area contributed by atoms with Gasteiger partial charge in [-0.3, -0.25) is 4.79 Å². The molecule has 0 spiro atoms. The SMILES string of the molecule is Cc1ccc(NC(=O)c2ccnc(F)c2)cc1C(F)(F)F. The lowest BCUT2D eigenvalue weighted by Gasteiger charge is -2.12. The van der Waals surface area contributed by atoms with Crippen molar-refractivity contribution in [1.29, 1.82) is 0 Å². The lowest BCUT2D eigenvalue weighted by molar-refractivity contribution is -0.138. The summed E-state index contributed by atoms with van der Waals surface area (Å²) in [5, 5.41) is 2.29. The molecule has 3 nitrogen and oxygen atoms in total. The predicted octanol–water partition coefficient (Wildman–Crippen LogP) is 3.80. The standard InChI is InChI=1S/C14H10F4N2O/c1-8-2-3-10(7-11(8)14(16,17)18)20-13(21)9-4-5-19-12(15)6-9/h2-7H,1H3,(H,20,21). The van der Waals surface area contributed by atoms with Gasteiger partial charge in [-0.15, -0.1) is 0 Å². The number of benzene rings is 1. The molecule has 1 amide bonds. The fraction of sp³-hybridized carbons (Fsp3) is 0.143. The number of alkyl halides is 3. The quantitative estimate of drug-likeness (QED) is 0.677. The van der Waals surface area contributed by atoms with E-state index in [4.69, 9.17) is 0 Å². The molecule has 0 saturated heterocycles. The number of aromatic nitrogens is 1. The van der Waals surface area contributed by atoms with Crippen LogP contribution in [0.5, 0.6) is 0 Å². The number of carbonyl (C=O) groups is 1. The van der Waals surface area contributed by atoms with Gasteiger partial charge in [0.05, 0.1) is 5.56 Å². The Morgan fingerprint density at radius 1 is 1.19 bits per heavy atom. The monoisotopic (exact) mass is 298 g/mol. The third kappa shape index (κ3) is 3.56. The molecule has 1 heterocycles. The molecule has 2 rings (SSSR count). The molecule has 0 fully saturated rings. The van der Waals surface area contributed by atoms with Gasteiger partial charge in [-0.2, -0.15) is 17.6 Å². The average molecular weight is 298 g/mol. The molecule has 0 aliphatic heterocycles. The van der Waals surface area contributed by atoms with E-state index in [1.54, 1.807) is 0 Å². The fourth-order valence-corrected chi connectivity index (χ4v) is 1.75. The van der Waals surface area contributed by atoms with E-state index in [-0.39, 0.29) is 16.8 Å². The number of anilines is 1. The number of aryl methyl sites for hydroxylation is 1. The van der Waals surface area contributed by atoms with Crippen LogP contribution in [0.1, 0.15) is 21.5 Å². The largest absolute Gasteiger partial charge is 0.416 e. The van der Waals surface area contributed by atoms with Crippen LogP contribution in [0.3, 0.4) is 0 Å². The summed E-state index contributed by atoms with van der Waals surface area (Å²) in [4.78, 5) is 15.1. The van der Waals surface area contributed by atoms with E-state index < -0.39 is 23.6 Å². The highest BCUT2D eigenvalue weighted by atomic mass is 19.4. The molecule has 7 heteroatoms. The summed E-state index contributed by atoms with van der Waals surface area (Å²) in [5.41, 5.74) is -0.830. The van der Waals surface area contributed by atoms with E-state index in [1.807, 2.05) is 0 Å². The third-order valence-corrected chi connectivity index (χ3v) is 2.79. The van der Waals surface area contributed by atoms with Crippen LogP contribution >= 0.6 is 0 Å². The van der Waals surface area contributed by atoms with Crippen molar-refractivity contribution in [1.82, 2.24) is 4.98 Å². The van der Waals surface area contributed by atoms with E-state index in [9.17, 15) is 22.4 Å². The Bertz CT molecular complexity index is 683. The zero-order valence-corrected chi connectivity index (χ0v) is 10.8. The summed E-state index contributed by atoms with van der Waals surface area (Å²) >= 11 is 0. The lowest BCUT2D eigenvalue weighted by atomic mass is 10.1. The second kappa shape index (κ2) is 5.51. The molecule has 1 N–H and O–H groups in total. The molecule has 0 saturated carbocycles. The van der Waals surface area contributed by atoms with Crippen LogP contribution in [0.4, 0.5) is 23.2 Å². The molecule has 0 unspecified atom stereocenters. The van der Waals surface area contributed by atoms with Crippen LogP contribution in [0.15, 0.2) is 36.5 Å². The van der Waals surface area contributed by atoms with E-state index in [0.29, 0.717) is 0 Å². The maximum Gasteiger partial charge on any atom is 0.416 e. The van der Waals surface area contributed by atoms with Gasteiger partial charge in [-0.25, -0.2) is 4.98 Å². The molecule has 1 aromatic carbocycles. The molecule has 0 bridgehead atoms. The van der Waals surface area contributed by atoms with Gasteiger partial charge in [-0.05, 0) is 30.7 Å². The van der Waals surface area contributed by atoms with Gasteiger partial charge in [0.25, 0.3) is 5.91 Å². The van der Waals surface area contributed by atoms with Crippen LogP contribution in [-0.2, 0) is 6.18 Å². The van der Waals surface area contributed by atoms with Crippen LogP contribution in [0, 0.1) is 12.9 Å². The fourth-order valence-electron chi connectivity index (χ4n) is 1.75. The molecule has 21 heavy (non-hydrogen) atoms. The highest BCUT2D eigenvalue weighted by Gasteiger charge is 2.32. The van der Waals surface area contributed by atoms with Gasteiger partial charge >= 0.3 is 6.18 Å². The van der Waals surface area contributed by atoms with E-state index in [0.717, 1.165) is 18.3 Å². The second-order valence-corrected chi connectivity index (χ2v) is 4.35. The van der Waals surface area contributed by atoms with E-state index in [2.05, 4.69) is 10.3 Å². The van der Waals surface area contributed by atoms with Gasteiger partial charge in [-0.1, -0.05) is 6.07 Å². The first-order valence-corrected chi connectivity index (χ1v) is 5.88. The Morgan fingerprint density at radius 2 is 1.90 bits per heavy atom. The maximum absolute atomic E-state index is 12.9. The van der Waals surface area contributed by atoms with Crippen molar-refractivity contribution in [3.05, 3.63) is 59.2 Å². The molecule has 110 valence electrons. The van der Waals surface area contributed by atoms with Crippen LogP contribution in [0.2, 0.25) is 0 Å². The average Bonchev–Trinajstić information content (AvgIpc) is 2.39. The molecule has 2 aromatic rings. The van der Waals surface area contributed by atoms with Gasteiger partial charge in [0.1, 0.15) is 0 Å². The normalized spacial score (nSPS) is 11.3. The molecular formula is C14H10F4N2O. The molecule has 0 radical (unpaired) electrons. The van der Waals surface area contributed by atoms with Crippen molar-refractivity contribution in [2.24, 2.45) is 0 Å². The first-order chi connectivity index (χ1) is 9.77. The predicted molar refractivity (Wildman–Crippen MR) is 68.3 cm³/mol. The summed E-state index contributed by atoms with van der Waals surface area (Å²) in [6.45, 7) is 1.33. The van der Waals surface area contributed by atoms with Crippen LogP contribution in [-0.4, -0.2) is 10.9 Å². The van der Waals surface area contributed by atoms with Crippen molar-refractivity contribution in [2.45, 2.75) is 13.1 Å². The Kier molecular flexibility index (Phi) is 3.93. The summed E-state index contributed by atoms with van der Waals surface area (Å²) in [7, 11) is 0. The van der Waals surface area contributed by atoms with Crippen molar-refractivity contribution >= 4 is 11.6 Å². The number of hydrogen-bond acceptors (Lipinski definition) is 2. The Balaban J connectivity index is 2.26. The van der Waals surface area contributed by atoms with Crippen molar-refractivity contribution in [2.75, 3.05) is 5.32 Å². The minimum Gasteiger partial charge on any atom is -0.322 e. The summed E-state index contributed by atoms with van der Waals surface area (Å²) < 4.78 is 51.2. The molecule has 0 aliphatic rings. The van der Waals surface area contributed by atoms with Crippen molar-refractivity contribution < 1.29 is 22.4 Å². The minimum absolute atomic E-state index is 0.0184.